The van der Waals surface area contributed by atoms with Gasteiger partial charge in [0, 0.05) is 5.56 Å². The second kappa shape index (κ2) is 8.34. The fourth-order valence-corrected chi connectivity index (χ4v) is 2.49. The maximum atomic E-state index is 12.4. The highest BCUT2D eigenvalue weighted by atomic mass is 16.5. The molecule has 1 amide bonds. The van der Waals surface area contributed by atoms with Crippen molar-refractivity contribution in [3.8, 4) is 5.75 Å². The molecule has 0 aliphatic rings. The monoisotopic (exact) mass is 313 g/mol. The molecule has 2 rings (SSSR count). The maximum absolute atomic E-state index is 12.4. The second-order valence-corrected chi connectivity index (χ2v) is 5.60. The molecule has 0 aromatic heterocycles. The van der Waals surface area contributed by atoms with Crippen molar-refractivity contribution >= 4 is 11.6 Å². The van der Waals surface area contributed by atoms with Crippen LogP contribution in [0.4, 0.5) is 5.69 Å². The Morgan fingerprint density at radius 1 is 1.09 bits per heavy atom. The van der Waals surface area contributed by atoms with Gasteiger partial charge in [0.15, 0.2) is 6.04 Å². The zero-order valence-electron chi connectivity index (χ0n) is 14.0. The normalized spacial score (nSPS) is 13.2. The van der Waals surface area contributed by atoms with Crippen LogP contribution in [-0.2, 0) is 4.79 Å². The highest BCUT2D eigenvalue weighted by Gasteiger charge is 2.21. The smallest absolute Gasteiger partial charge is 0.282 e. The number of rotatable bonds is 7. The summed E-state index contributed by atoms with van der Waals surface area (Å²) in [5, 5.41) is 5.02. The van der Waals surface area contributed by atoms with E-state index in [1.807, 2.05) is 56.3 Å². The standard InChI is InChI=1S/C19H24N2O2/c1-4-23-18-13-9-8-12-17(18)21-19(22)15(3)20-14(2)16-10-6-5-7-11-16/h5-15,20H,4H2,1-3H3,(H,21,22)/p+1/t14-,15-/m1/s1. The first-order chi connectivity index (χ1) is 11.1. The Balaban J connectivity index is 1.98. The van der Waals surface area contributed by atoms with Gasteiger partial charge >= 0.3 is 0 Å². The van der Waals surface area contributed by atoms with Gasteiger partial charge in [-0.2, -0.15) is 0 Å². The molecule has 2 aromatic rings. The van der Waals surface area contributed by atoms with E-state index in [-0.39, 0.29) is 18.0 Å². The van der Waals surface area contributed by atoms with E-state index in [1.165, 1.54) is 5.56 Å². The van der Waals surface area contributed by atoms with Crippen LogP contribution in [0.2, 0.25) is 0 Å². The predicted molar refractivity (Wildman–Crippen MR) is 92.5 cm³/mol. The molecule has 3 N–H and O–H groups in total. The highest BCUT2D eigenvalue weighted by molar-refractivity contribution is 5.94. The van der Waals surface area contributed by atoms with E-state index in [2.05, 4.69) is 29.7 Å². The van der Waals surface area contributed by atoms with E-state index in [0.29, 0.717) is 18.0 Å². The summed E-state index contributed by atoms with van der Waals surface area (Å²) in [5.74, 6) is 0.673. The summed E-state index contributed by atoms with van der Waals surface area (Å²) < 4.78 is 5.54. The van der Waals surface area contributed by atoms with Gasteiger partial charge in [-0.3, -0.25) is 4.79 Å². The van der Waals surface area contributed by atoms with Crippen molar-refractivity contribution in [2.75, 3.05) is 11.9 Å². The molecule has 0 aliphatic carbocycles. The molecule has 0 saturated carbocycles. The molecular weight excluding hydrogens is 288 g/mol. The lowest BCUT2D eigenvalue weighted by molar-refractivity contribution is -0.709. The first-order valence-corrected chi connectivity index (χ1v) is 8.04. The Morgan fingerprint density at radius 2 is 1.74 bits per heavy atom. The largest absolute Gasteiger partial charge is 0.492 e. The molecule has 4 heteroatoms. The quantitative estimate of drug-likeness (QED) is 0.826. The third kappa shape index (κ3) is 4.83. The van der Waals surface area contributed by atoms with Crippen LogP contribution in [0.1, 0.15) is 32.4 Å². The number of carbonyl (C=O) groups excluding carboxylic acids is 1. The van der Waals surface area contributed by atoms with Crippen LogP contribution >= 0.6 is 0 Å². The number of nitrogens with two attached hydrogens (primary N) is 1. The van der Waals surface area contributed by atoms with E-state index in [9.17, 15) is 4.79 Å². The SMILES string of the molecule is CCOc1ccccc1NC(=O)[C@@H](C)[NH2+][C@H](C)c1ccccc1. The van der Waals surface area contributed by atoms with Gasteiger partial charge in [-0.1, -0.05) is 42.5 Å². The van der Waals surface area contributed by atoms with Crippen molar-refractivity contribution in [1.82, 2.24) is 0 Å². The number of carbonyl (C=O) groups is 1. The van der Waals surface area contributed by atoms with Gasteiger partial charge in [0.25, 0.3) is 5.91 Å². The summed E-state index contributed by atoms with van der Waals surface area (Å²) >= 11 is 0. The molecule has 0 aliphatic heterocycles. The topological polar surface area (TPSA) is 54.9 Å². The first-order valence-electron chi connectivity index (χ1n) is 8.04. The lowest BCUT2D eigenvalue weighted by Gasteiger charge is -2.18. The number of nitrogens with one attached hydrogen (secondary N) is 1. The van der Waals surface area contributed by atoms with Gasteiger partial charge in [0.05, 0.1) is 12.3 Å². The number of anilines is 1. The van der Waals surface area contributed by atoms with Crippen LogP contribution in [0, 0.1) is 0 Å². The summed E-state index contributed by atoms with van der Waals surface area (Å²) in [6, 6.07) is 17.7. The van der Waals surface area contributed by atoms with Crippen molar-refractivity contribution in [2.24, 2.45) is 0 Å². The van der Waals surface area contributed by atoms with E-state index in [1.54, 1.807) is 0 Å². The van der Waals surface area contributed by atoms with Crippen LogP contribution in [0.15, 0.2) is 54.6 Å². The Hall–Kier alpha value is -2.33. The number of quaternary nitrogens is 1. The molecule has 23 heavy (non-hydrogen) atoms. The Bertz CT molecular complexity index is 628. The molecule has 0 saturated heterocycles. The molecule has 0 radical (unpaired) electrons. The summed E-state index contributed by atoms with van der Waals surface area (Å²) in [6.07, 6.45) is 0. The number of amides is 1. The number of hydrogen-bond donors (Lipinski definition) is 2. The van der Waals surface area contributed by atoms with Crippen LogP contribution in [-0.4, -0.2) is 18.6 Å². The van der Waals surface area contributed by atoms with E-state index >= 15 is 0 Å². The molecule has 0 heterocycles. The Labute approximate surface area is 137 Å². The third-order valence-electron chi connectivity index (χ3n) is 3.76. The fraction of sp³-hybridized carbons (Fsp3) is 0.316. The average molecular weight is 313 g/mol. The molecule has 4 nitrogen and oxygen atoms in total. The molecular formula is C19H25N2O2+. The molecule has 0 fully saturated rings. The van der Waals surface area contributed by atoms with Crippen LogP contribution in [0.3, 0.4) is 0 Å². The minimum atomic E-state index is -0.195. The van der Waals surface area contributed by atoms with Crippen LogP contribution in [0.5, 0.6) is 5.75 Å². The van der Waals surface area contributed by atoms with Gasteiger partial charge in [-0.25, -0.2) is 0 Å². The lowest BCUT2D eigenvalue weighted by Crippen LogP contribution is -2.91. The minimum Gasteiger partial charge on any atom is -0.492 e. The maximum Gasteiger partial charge on any atom is 0.282 e. The minimum absolute atomic E-state index is 0.0278. The van der Waals surface area contributed by atoms with E-state index < -0.39 is 0 Å². The average Bonchev–Trinajstić information content (AvgIpc) is 2.57. The molecule has 0 unspecified atom stereocenters. The lowest BCUT2D eigenvalue weighted by atomic mass is 10.1. The third-order valence-corrected chi connectivity index (χ3v) is 3.76. The molecule has 122 valence electrons. The van der Waals surface area contributed by atoms with Gasteiger partial charge in [0.1, 0.15) is 11.8 Å². The summed E-state index contributed by atoms with van der Waals surface area (Å²) in [5.41, 5.74) is 1.92. The number of benzene rings is 2. The van der Waals surface area contributed by atoms with Crippen LogP contribution < -0.4 is 15.4 Å². The molecule has 2 atom stereocenters. The predicted octanol–water partition coefficient (Wildman–Crippen LogP) is 2.74. The number of hydrogen-bond acceptors (Lipinski definition) is 2. The van der Waals surface area contributed by atoms with E-state index in [0.717, 1.165) is 0 Å². The second-order valence-electron chi connectivity index (χ2n) is 5.60. The van der Waals surface area contributed by atoms with Gasteiger partial charge in [0.2, 0.25) is 0 Å². The zero-order valence-corrected chi connectivity index (χ0v) is 14.0. The van der Waals surface area contributed by atoms with Crippen molar-refractivity contribution in [1.29, 1.82) is 0 Å². The summed E-state index contributed by atoms with van der Waals surface area (Å²) in [7, 11) is 0. The molecule has 2 aromatic carbocycles. The number of ether oxygens (including phenoxy) is 1. The van der Waals surface area contributed by atoms with Crippen molar-refractivity contribution in [2.45, 2.75) is 32.9 Å². The van der Waals surface area contributed by atoms with E-state index in [4.69, 9.17) is 4.74 Å². The fourth-order valence-electron chi connectivity index (χ4n) is 2.49. The zero-order chi connectivity index (χ0) is 16.7. The van der Waals surface area contributed by atoms with Gasteiger partial charge in [-0.15, -0.1) is 0 Å². The van der Waals surface area contributed by atoms with Crippen molar-refractivity contribution in [3.05, 3.63) is 60.2 Å². The first kappa shape index (κ1) is 17.0. The molecule has 0 spiro atoms. The summed E-state index contributed by atoms with van der Waals surface area (Å²) in [4.78, 5) is 12.4. The van der Waals surface area contributed by atoms with Gasteiger partial charge in [-0.05, 0) is 32.9 Å². The number of para-hydroxylation sites is 2. The van der Waals surface area contributed by atoms with Crippen molar-refractivity contribution < 1.29 is 14.8 Å². The Morgan fingerprint density at radius 3 is 2.43 bits per heavy atom. The van der Waals surface area contributed by atoms with Crippen molar-refractivity contribution in [3.63, 3.8) is 0 Å². The Kier molecular flexibility index (Phi) is 6.18. The van der Waals surface area contributed by atoms with Gasteiger partial charge < -0.3 is 15.4 Å². The summed E-state index contributed by atoms with van der Waals surface area (Å²) in [6.45, 7) is 6.52. The highest BCUT2D eigenvalue weighted by Crippen LogP contribution is 2.23. The van der Waals surface area contributed by atoms with Crippen LogP contribution in [0.25, 0.3) is 0 Å². The molecule has 0 bridgehead atoms.